The van der Waals surface area contributed by atoms with E-state index in [1.807, 2.05) is 30.7 Å². The number of benzene rings is 1. The Hall–Kier alpha value is -2.01. The van der Waals surface area contributed by atoms with E-state index in [1.54, 1.807) is 14.2 Å². The molecule has 0 atom stereocenters. The van der Waals surface area contributed by atoms with Crippen molar-refractivity contribution in [1.29, 1.82) is 0 Å². The molecule has 0 radical (unpaired) electrons. The predicted octanol–water partition coefficient (Wildman–Crippen LogP) is 2.36. The highest BCUT2D eigenvalue weighted by Gasteiger charge is 2.19. The molecular weight excluding hydrogens is 266 g/mol. The molecule has 0 spiro atoms. The largest absolute Gasteiger partial charge is 0.497 e. The van der Waals surface area contributed by atoms with Gasteiger partial charge < -0.3 is 19.4 Å². The van der Waals surface area contributed by atoms with E-state index in [-0.39, 0.29) is 0 Å². The summed E-state index contributed by atoms with van der Waals surface area (Å²) in [6.45, 7) is 2.13. The maximum Gasteiger partial charge on any atom is 0.124 e. The van der Waals surface area contributed by atoms with Crippen molar-refractivity contribution in [2.45, 2.75) is 18.8 Å². The molecule has 1 aromatic heterocycles. The topological polar surface area (TPSA) is 48.3 Å². The Balaban J connectivity index is 1.98. The molecule has 1 aliphatic rings. The minimum Gasteiger partial charge on any atom is -0.497 e. The highest BCUT2D eigenvalue weighted by molar-refractivity contribution is 5.47. The van der Waals surface area contributed by atoms with Gasteiger partial charge in [0, 0.05) is 36.0 Å². The highest BCUT2D eigenvalue weighted by Crippen LogP contribution is 2.30. The number of ether oxygens (including phenoxy) is 2. The van der Waals surface area contributed by atoms with Gasteiger partial charge in [0.1, 0.15) is 11.5 Å². The second-order valence-corrected chi connectivity index (χ2v) is 5.28. The molecule has 1 saturated heterocycles. The van der Waals surface area contributed by atoms with Gasteiger partial charge >= 0.3 is 0 Å². The summed E-state index contributed by atoms with van der Waals surface area (Å²) in [6.07, 6.45) is 6.13. The van der Waals surface area contributed by atoms with E-state index in [2.05, 4.69) is 14.9 Å². The summed E-state index contributed by atoms with van der Waals surface area (Å²) in [4.78, 5) is 4.35. The zero-order valence-corrected chi connectivity index (χ0v) is 12.5. The van der Waals surface area contributed by atoms with Crippen molar-refractivity contribution in [3.05, 3.63) is 36.4 Å². The van der Waals surface area contributed by atoms with E-state index in [1.165, 1.54) is 5.69 Å². The number of nitrogens with one attached hydrogen (secondary N) is 1. The number of hydrogen-bond donors (Lipinski definition) is 1. The average Bonchev–Trinajstić information content (AvgIpc) is 3.04. The number of methoxy groups -OCH3 is 2. The first-order valence-electron chi connectivity index (χ1n) is 7.28. The van der Waals surface area contributed by atoms with E-state index in [0.717, 1.165) is 43.1 Å². The van der Waals surface area contributed by atoms with E-state index < -0.39 is 0 Å². The Kier molecular flexibility index (Phi) is 4.10. The van der Waals surface area contributed by atoms with Gasteiger partial charge in [-0.1, -0.05) is 0 Å². The minimum absolute atomic E-state index is 0.547. The highest BCUT2D eigenvalue weighted by atomic mass is 16.5. The van der Waals surface area contributed by atoms with Gasteiger partial charge in [-0.15, -0.1) is 0 Å². The Morgan fingerprint density at radius 3 is 2.38 bits per heavy atom. The van der Waals surface area contributed by atoms with Gasteiger partial charge in [0.05, 0.1) is 26.2 Å². The van der Waals surface area contributed by atoms with Crippen LogP contribution in [0, 0.1) is 0 Å². The van der Waals surface area contributed by atoms with E-state index >= 15 is 0 Å². The van der Waals surface area contributed by atoms with Crippen molar-refractivity contribution in [3.8, 4) is 17.2 Å². The van der Waals surface area contributed by atoms with Gasteiger partial charge in [0.25, 0.3) is 0 Å². The smallest absolute Gasteiger partial charge is 0.124 e. The molecule has 21 heavy (non-hydrogen) atoms. The third-order valence-corrected chi connectivity index (χ3v) is 4.04. The first-order valence-corrected chi connectivity index (χ1v) is 7.28. The molecule has 1 N–H and O–H groups in total. The van der Waals surface area contributed by atoms with Crippen LogP contribution in [0.25, 0.3) is 5.69 Å². The first kappa shape index (κ1) is 13.9. The summed E-state index contributed by atoms with van der Waals surface area (Å²) in [6, 6.07) is 5.90. The van der Waals surface area contributed by atoms with Crippen LogP contribution in [-0.2, 0) is 0 Å². The Labute approximate surface area is 124 Å². The van der Waals surface area contributed by atoms with Crippen LogP contribution in [0.15, 0.2) is 30.7 Å². The van der Waals surface area contributed by atoms with Gasteiger partial charge in [-0.3, -0.25) is 0 Å². The zero-order chi connectivity index (χ0) is 14.7. The summed E-state index contributed by atoms with van der Waals surface area (Å²) in [5.41, 5.74) is 2.28. The molecule has 1 fully saturated rings. The molecule has 1 aromatic carbocycles. The lowest BCUT2D eigenvalue weighted by Crippen LogP contribution is -2.27. The normalized spacial score (nSPS) is 15.9. The SMILES string of the molecule is COc1cc(OC)cc(-n2cncc2C2CCNCC2)c1. The lowest BCUT2D eigenvalue weighted by atomic mass is 9.95. The van der Waals surface area contributed by atoms with Gasteiger partial charge in [-0.2, -0.15) is 0 Å². The Morgan fingerprint density at radius 1 is 1.10 bits per heavy atom. The molecule has 0 aliphatic carbocycles. The molecule has 112 valence electrons. The molecule has 0 saturated carbocycles. The lowest BCUT2D eigenvalue weighted by Gasteiger charge is -2.24. The van der Waals surface area contributed by atoms with Crippen LogP contribution in [0.2, 0.25) is 0 Å². The molecule has 0 unspecified atom stereocenters. The minimum atomic E-state index is 0.547. The number of rotatable bonds is 4. The summed E-state index contributed by atoms with van der Waals surface area (Å²) >= 11 is 0. The summed E-state index contributed by atoms with van der Waals surface area (Å²) < 4.78 is 12.9. The van der Waals surface area contributed by atoms with Crippen LogP contribution in [0.1, 0.15) is 24.5 Å². The van der Waals surface area contributed by atoms with Crippen LogP contribution in [0.5, 0.6) is 11.5 Å². The number of piperidine rings is 1. The van der Waals surface area contributed by atoms with Crippen LogP contribution < -0.4 is 14.8 Å². The van der Waals surface area contributed by atoms with Crippen molar-refractivity contribution >= 4 is 0 Å². The van der Waals surface area contributed by atoms with Gasteiger partial charge in [0.15, 0.2) is 0 Å². The zero-order valence-electron chi connectivity index (χ0n) is 12.5. The number of aromatic nitrogens is 2. The molecule has 2 heterocycles. The molecular formula is C16H21N3O2. The Bertz CT molecular complexity index is 581. The standard InChI is InChI=1S/C16H21N3O2/c1-20-14-7-13(8-15(9-14)21-2)19-11-18-10-16(19)12-3-5-17-6-4-12/h7-12,17H,3-6H2,1-2H3. The van der Waals surface area contributed by atoms with Crippen molar-refractivity contribution in [2.24, 2.45) is 0 Å². The molecule has 3 rings (SSSR count). The number of nitrogens with zero attached hydrogens (tertiary/aromatic N) is 2. The van der Waals surface area contributed by atoms with Crippen molar-refractivity contribution in [3.63, 3.8) is 0 Å². The molecule has 1 aliphatic heterocycles. The summed E-state index contributed by atoms with van der Waals surface area (Å²) in [7, 11) is 3.33. The molecule has 5 heteroatoms. The van der Waals surface area contributed by atoms with Gasteiger partial charge in [-0.25, -0.2) is 4.98 Å². The van der Waals surface area contributed by atoms with Crippen LogP contribution in [-0.4, -0.2) is 36.9 Å². The van der Waals surface area contributed by atoms with Crippen LogP contribution in [0.3, 0.4) is 0 Å². The van der Waals surface area contributed by atoms with E-state index in [9.17, 15) is 0 Å². The fourth-order valence-corrected chi connectivity index (χ4v) is 2.87. The van der Waals surface area contributed by atoms with Gasteiger partial charge in [-0.05, 0) is 25.9 Å². The number of hydrogen-bond acceptors (Lipinski definition) is 4. The first-order chi connectivity index (χ1) is 10.3. The van der Waals surface area contributed by atoms with Crippen molar-refractivity contribution in [1.82, 2.24) is 14.9 Å². The summed E-state index contributed by atoms with van der Waals surface area (Å²) in [5.74, 6) is 2.12. The van der Waals surface area contributed by atoms with E-state index in [0.29, 0.717) is 5.92 Å². The third-order valence-electron chi connectivity index (χ3n) is 4.04. The van der Waals surface area contributed by atoms with Gasteiger partial charge in [0.2, 0.25) is 0 Å². The molecule has 5 nitrogen and oxygen atoms in total. The van der Waals surface area contributed by atoms with Crippen molar-refractivity contribution < 1.29 is 9.47 Å². The molecule has 0 amide bonds. The van der Waals surface area contributed by atoms with Crippen molar-refractivity contribution in [2.75, 3.05) is 27.3 Å². The number of imidazole rings is 1. The van der Waals surface area contributed by atoms with E-state index in [4.69, 9.17) is 9.47 Å². The average molecular weight is 287 g/mol. The monoisotopic (exact) mass is 287 g/mol. The fourth-order valence-electron chi connectivity index (χ4n) is 2.87. The maximum atomic E-state index is 5.36. The second kappa shape index (κ2) is 6.18. The molecule has 2 aromatic rings. The maximum absolute atomic E-state index is 5.36. The second-order valence-electron chi connectivity index (χ2n) is 5.28. The lowest BCUT2D eigenvalue weighted by molar-refractivity contribution is 0.393. The summed E-state index contributed by atoms with van der Waals surface area (Å²) in [5, 5.41) is 3.40. The predicted molar refractivity (Wildman–Crippen MR) is 81.5 cm³/mol. The van der Waals surface area contributed by atoms with Crippen LogP contribution >= 0.6 is 0 Å². The Morgan fingerprint density at radius 2 is 1.76 bits per heavy atom. The van der Waals surface area contributed by atoms with Crippen LogP contribution in [0.4, 0.5) is 0 Å². The fraction of sp³-hybridized carbons (Fsp3) is 0.438. The quantitative estimate of drug-likeness (QED) is 0.938. The molecule has 0 bridgehead atoms. The third kappa shape index (κ3) is 2.88.